The molecule has 1 aliphatic heterocycles. The van der Waals surface area contributed by atoms with Crippen LogP contribution in [-0.2, 0) is 11.3 Å². The van der Waals surface area contributed by atoms with Gasteiger partial charge >= 0.3 is 0 Å². The molecule has 1 aliphatic rings. The molecule has 1 unspecified atom stereocenters. The molecule has 0 aliphatic carbocycles. The molecular weight excluding hydrogens is 222 g/mol. The molecule has 2 rings (SSSR count). The number of hydrogen-bond acceptors (Lipinski definition) is 2. The molecule has 1 aromatic rings. The number of ether oxygens (including phenoxy) is 1. The van der Waals surface area contributed by atoms with Crippen molar-refractivity contribution in [3.05, 3.63) is 33.2 Å². The predicted octanol–water partition coefficient (Wildman–Crippen LogP) is 1.01. The lowest BCUT2D eigenvalue weighted by Crippen LogP contribution is -2.21. The monoisotopic (exact) mass is 229 g/mol. The van der Waals surface area contributed by atoms with Gasteiger partial charge < -0.3 is 9.30 Å². The molecule has 2 heterocycles. The first-order valence-electron chi connectivity index (χ1n) is 3.74. The number of epoxide rings is 1. The fourth-order valence-electron chi connectivity index (χ4n) is 1.04. The van der Waals surface area contributed by atoms with Crippen molar-refractivity contribution in [3.63, 3.8) is 0 Å². The summed E-state index contributed by atoms with van der Waals surface area (Å²) in [4.78, 5) is 11.4. The van der Waals surface area contributed by atoms with Crippen molar-refractivity contribution in [1.82, 2.24) is 4.57 Å². The Morgan fingerprint density at radius 3 is 3.17 bits per heavy atom. The van der Waals surface area contributed by atoms with Gasteiger partial charge in [0, 0.05) is 6.20 Å². The van der Waals surface area contributed by atoms with Crippen LogP contribution in [0.4, 0.5) is 0 Å². The summed E-state index contributed by atoms with van der Waals surface area (Å²) in [5.74, 6) is 0. The summed E-state index contributed by atoms with van der Waals surface area (Å²) in [6.45, 7) is 1.44. The van der Waals surface area contributed by atoms with E-state index in [1.54, 1.807) is 16.8 Å². The molecule has 1 aromatic heterocycles. The van der Waals surface area contributed by atoms with Crippen molar-refractivity contribution in [1.29, 1.82) is 0 Å². The van der Waals surface area contributed by atoms with Gasteiger partial charge in [0.25, 0.3) is 5.56 Å². The molecule has 64 valence electrons. The van der Waals surface area contributed by atoms with Crippen LogP contribution < -0.4 is 5.56 Å². The molecule has 4 heteroatoms. The van der Waals surface area contributed by atoms with Crippen molar-refractivity contribution in [2.75, 3.05) is 6.61 Å². The quantitative estimate of drug-likeness (QED) is 0.710. The van der Waals surface area contributed by atoms with Crippen LogP contribution in [0.2, 0.25) is 0 Å². The lowest BCUT2D eigenvalue weighted by atomic mass is 10.4. The first-order valence-corrected chi connectivity index (χ1v) is 4.53. The molecule has 0 N–H and O–H groups in total. The highest BCUT2D eigenvalue weighted by atomic mass is 79.9. The standard InChI is InChI=1S/C8H8BrNO2/c9-7-2-1-3-10(8(7)11)4-6-5-12-6/h1-3,6H,4-5H2. The summed E-state index contributed by atoms with van der Waals surface area (Å²) in [5.41, 5.74) is 0.00741. The van der Waals surface area contributed by atoms with E-state index in [0.717, 1.165) is 6.61 Å². The lowest BCUT2D eigenvalue weighted by Gasteiger charge is -2.01. The Kier molecular flexibility index (Phi) is 2.02. The van der Waals surface area contributed by atoms with E-state index < -0.39 is 0 Å². The van der Waals surface area contributed by atoms with Crippen LogP contribution >= 0.6 is 15.9 Å². The van der Waals surface area contributed by atoms with Crippen molar-refractivity contribution in [2.24, 2.45) is 0 Å². The van der Waals surface area contributed by atoms with Crippen LogP contribution in [0.5, 0.6) is 0 Å². The van der Waals surface area contributed by atoms with E-state index in [1.165, 1.54) is 0 Å². The van der Waals surface area contributed by atoms with Gasteiger partial charge in [-0.1, -0.05) is 0 Å². The summed E-state index contributed by atoms with van der Waals surface area (Å²) in [6, 6.07) is 3.58. The first kappa shape index (κ1) is 8.01. The smallest absolute Gasteiger partial charge is 0.264 e. The highest BCUT2D eigenvalue weighted by Gasteiger charge is 2.23. The average molecular weight is 230 g/mol. The van der Waals surface area contributed by atoms with E-state index in [2.05, 4.69) is 15.9 Å². The zero-order chi connectivity index (χ0) is 8.55. The number of halogens is 1. The third-order valence-electron chi connectivity index (χ3n) is 1.78. The fraction of sp³-hybridized carbons (Fsp3) is 0.375. The third kappa shape index (κ3) is 1.59. The van der Waals surface area contributed by atoms with E-state index >= 15 is 0 Å². The molecular formula is C8H8BrNO2. The molecule has 0 amide bonds. The largest absolute Gasteiger partial charge is 0.371 e. The van der Waals surface area contributed by atoms with Crippen LogP contribution in [0.25, 0.3) is 0 Å². The minimum Gasteiger partial charge on any atom is -0.371 e. The lowest BCUT2D eigenvalue weighted by molar-refractivity contribution is 0.380. The number of pyridine rings is 1. The highest BCUT2D eigenvalue weighted by Crippen LogP contribution is 2.11. The second-order valence-corrected chi connectivity index (χ2v) is 3.62. The maximum absolute atomic E-state index is 11.4. The second kappa shape index (κ2) is 3.03. The minimum absolute atomic E-state index is 0.00741. The average Bonchev–Trinajstić information content (AvgIpc) is 2.83. The van der Waals surface area contributed by atoms with Crippen LogP contribution in [-0.4, -0.2) is 17.3 Å². The van der Waals surface area contributed by atoms with Gasteiger partial charge in [-0.15, -0.1) is 0 Å². The van der Waals surface area contributed by atoms with Crippen LogP contribution in [0, 0.1) is 0 Å². The van der Waals surface area contributed by atoms with Gasteiger partial charge in [-0.3, -0.25) is 4.79 Å². The van der Waals surface area contributed by atoms with E-state index in [0.29, 0.717) is 11.0 Å². The molecule has 1 fully saturated rings. The first-order chi connectivity index (χ1) is 5.77. The Hall–Kier alpha value is -0.610. The van der Waals surface area contributed by atoms with Gasteiger partial charge in [-0.05, 0) is 28.1 Å². The number of aromatic nitrogens is 1. The minimum atomic E-state index is 0.00741. The molecule has 0 saturated carbocycles. The van der Waals surface area contributed by atoms with Crippen molar-refractivity contribution in [2.45, 2.75) is 12.6 Å². The summed E-state index contributed by atoms with van der Waals surface area (Å²) in [6.07, 6.45) is 2.02. The summed E-state index contributed by atoms with van der Waals surface area (Å²) in [7, 11) is 0. The zero-order valence-corrected chi connectivity index (χ0v) is 7.95. The summed E-state index contributed by atoms with van der Waals surface area (Å²) >= 11 is 3.18. The summed E-state index contributed by atoms with van der Waals surface area (Å²) < 4.78 is 7.29. The maximum atomic E-state index is 11.4. The highest BCUT2D eigenvalue weighted by molar-refractivity contribution is 9.10. The Morgan fingerprint density at radius 2 is 2.50 bits per heavy atom. The predicted molar refractivity (Wildman–Crippen MR) is 48.1 cm³/mol. The molecule has 3 nitrogen and oxygen atoms in total. The Balaban J connectivity index is 2.29. The molecule has 0 spiro atoms. The maximum Gasteiger partial charge on any atom is 0.264 e. The molecule has 0 bridgehead atoms. The van der Waals surface area contributed by atoms with Gasteiger partial charge in [0.2, 0.25) is 0 Å². The van der Waals surface area contributed by atoms with Gasteiger partial charge in [0.05, 0.1) is 23.7 Å². The van der Waals surface area contributed by atoms with Crippen molar-refractivity contribution in [3.8, 4) is 0 Å². The van der Waals surface area contributed by atoms with Gasteiger partial charge in [0.1, 0.15) is 0 Å². The normalized spacial score (nSPS) is 20.9. The van der Waals surface area contributed by atoms with Crippen LogP contribution in [0.1, 0.15) is 0 Å². The number of nitrogens with zero attached hydrogens (tertiary/aromatic N) is 1. The number of rotatable bonds is 2. The zero-order valence-electron chi connectivity index (χ0n) is 6.37. The van der Waals surface area contributed by atoms with Gasteiger partial charge in [-0.2, -0.15) is 0 Å². The Morgan fingerprint density at radius 1 is 1.75 bits per heavy atom. The molecule has 1 saturated heterocycles. The van der Waals surface area contributed by atoms with Crippen LogP contribution in [0.3, 0.4) is 0 Å². The fourth-order valence-corrected chi connectivity index (χ4v) is 1.42. The molecule has 0 aromatic carbocycles. The topological polar surface area (TPSA) is 34.5 Å². The summed E-state index contributed by atoms with van der Waals surface area (Å²) in [5, 5.41) is 0. The van der Waals surface area contributed by atoms with Crippen molar-refractivity contribution >= 4 is 15.9 Å². The number of hydrogen-bond donors (Lipinski definition) is 0. The van der Waals surface area contributed by atoms with Crippen molar-refractivity contribution < 1.29 is 4.74 Å². The van der Waals surface area contributed by atoms with E-state index in [9.17, 15) is 4.79 Å². The molecule has 0 radical (unpaired) electrons. The van der Waals surface area contributed by atoms with E-state index in [-0.39, 0.29) is 11.7 Å². The van der Waals surface area contributed by atoms with E-state index in [1.807, 2.05) is 6.07 Å². The van der Waals surface area contributed by atoms with E-state index in [4.69, 9.17) is 4.74 Å². The Bertz CT molecular complexity index is 343. The SMILES string of the molecule is O=c1c(Br)cccn1CC1CO1. The second-order valence-electron chi connectivity index (χ2n) is 2.77. The van der Waals surface area contributed by atoms with Gasteiger partial charge in [0.15, 0.2) is 0 Å². The Labute approximate surface area is 78.1 Å². The molecule has 12 heavy (non-hydrogen) atoms. The third-order valence-corrected chi connectivity index (χ3v) is 2.38. The van der Waals surface area contributed by atoms with Crippen LogP contribution in [0.15, 0.2) is 27.6 Å². The molecule has 1 atom stereocenters. The van der Waals surface area contributed by atoms with Gasteiger partial charge in [-0.25, -0.2) is 0 Å².